The van der Waals surface area contributed by atoms with Crippen LogP contribution >= 0.6 is 23.1 Å². The van der Waals surface area contributed by atoms with E-state index in [2.05, 4.69) is 25.6 Å². The number of ether oxygens (including phenoxy) is 1. The second-order valence-electron chi connectivity index (χ2n) is 3.37. The van der Waals surface area contributed by atoms with Crippen LogP contribution in [-0.4, -0.2) is 47.9 Å². The van der Waals surface area contributed by atoms with E-state index in [1.54, 1.807) is 0 Å². The lowest BCUT2D eigenvalue weighted by molar-refractivity contribution is -0.160. The van der Waals surface area contributed by atoms with Crippen molar-refractivity contribution in [2.24, 2.45) is 0 Å². The van der Waals surface area contributed by atoms with E-state index in [9.17, 15) is 18.0 Å². The second-order valence-corrected chi connectivity index (χ2v) is 5.69. The molecule has 1 heterocycles. The summed E-state index contributed by atoms with van der Waals surface area (Å²) < 4.78 is 40.0. The minimum Gasteiger partial charge on any atom is -0.440 e. The fraction of sp³-hybridized carbons (Fsp3) is 0.667. The highest BCUT2D eigenvalue weighted by Crippen LogP contribution is 2.24. The van der Waals surface area contributed by atoms with E-state index < -0.39 is 18.9 Å². The van der Waals surface area contributed by atoms with E-state index in [1.807, 2.05) is 6.92 Å². The summed E-state index contributed by atoms with van der Waals surface area (Å²) in [5.41, 5.74) is 0. The predicted molar refractivity (Wildman–Crippen MR) is 70.2 cm³/mol. The topological polar surface area (TPSA) is 76.1 Å². The summed E-state index contributed by atoms with van der Waals surface area (Å²) in [6, 6.07) is 0. The molecule has 1 aromatic heterocycles. The molecule has 0 aliphatic carbocycles. The summed E-state index contributed by atoms with van der Waals surface area (Å²) in [7, 11) is 0. The Balaban J connectivity index is 2.13. The fourth-order valence-corrected chi connectivity index (χ4v) is 2.73. The average Bonchev–Trinajstić information content (AvgIpc) is 2.79. The number of alkyl halides is 3. The van der Waals surface area contributed by atoms with Gasteiger partial charge in [0.15, 0.2) is 10.9 Å². The molecule has 0 aromatic carbocycles. The number of nitrogens with one attached hydrogen (secondary N) is 2. The number of anilines is 1. The van der Waals surface area contributed by atoms with Crippen molar-refractivity contribution >= 4 is 34.3 Å². The van der Waals surface area contributed by atoms with Crippen molar-refractivity contribution in [2.45, 2.75) is 17.4 Å². The number of carbonyl (C=O) groups excluding carboxylic acids is 1. The molecule has 0 spiro atoms. The maximum absolute atomic E-state index is 11.8. The van der Waals surface area contributed by atoms with Gasteiger partial charge in [-0.1, -0.05) is 23.1 Å². The van der Waals surface area contributed by atoms with Gasteiger partial charge >= 0.3 is 12.3 Å². The Bertz CT molecular complexity index is 428. The number of thioether (sulfide) groups is 1. The zero-order valence-corrected chi connectivity index (χ0v) is 12.1. The largest absolute Gasteiger partial charge is 0.440 e. The van der Waals surface area contributed by atoms with Crippen LogP contribution in [0.5, 0.6) is 0 Å². The normalized spacial score (nSPS) is 11.2. The third kappa shape index (κ3) is 7.38. The van der Waals surface area contributed by atoms with Gasteiger partial charge in [-0.3, -0.25) is 0 Å². The molecule has 0 atom stereocenters. The first kappa shape index (κ1) is 16.8. The molecule has 11 heteroatoms. The molecule has 1 rings (SSSR count). The maximum Gasteiger partial charge on any atom is 0.422 e. The van der Waals surface area contributed by atoms with Crippen LogP contribution in [0.3, 0.4) is 0 Å². The van der Waals surface area contributed by atoms with Crippen LogP contribution < -0.4 is 10.6 Å². The number of halogens is 3. The first-order chi connectivity index (χ1) is 9.40. The molecule has 114 valence electrons. The summed E-state index contributed by atoms with van der Waals surface area (Å²) in [6.45, 7) is 1.27. The van der Waals surface area contributed by atoms with Crippen LogP contribution in [0.25, 0.3) is 0 Å². The molecule has 0 saturated carbocycles. The fourth-order valence-electron chi connectivity index (χ4n) is 0.981. The van der Waals surface area contributed by atoms with Crippen molar-refractivity contribution in [3.05, 3.63) is 0 Å². The highest BCUT2D eigenvalue weighted by Gasteiger charge is 2.29. The predicted octanol–water partition coefficient (Wildman–Crippen LogP) is 2.35. The number of hydrogen-bond donors (Lipinski definition) is 2. The Hall–Kier alpha value is -1.23. The number of rotatable bonds is 7. The van der Waals surface area contributed by atoms with Crippen molar-refractivity contribution < 1.29 is 22.7 Å². The molecule has 0 fully saturated rings. The van der Waals surface area contributed by atoms with Crippen molar-refractivity contribution in [3.63, 3.8) is 0 Å². The summed E-state index contributed by atoms with van der Waals surface area (Å²) in [6.07, 6.45) is -5.60. The minimum atomic E-state index is -4.51. The number of amides is 1. The third-order valence-electron chi connectivity index (χ3n) is 1.70. The van der Waals surface area contributed by atoms with Crippen LogP contribution in [0.4, 0.5) is 23.1 Å². The van der Waals surface area contributed by atoms with Gasteiger partial charge in [-0.05, 0) is 6.92 Å². The van der Waals surface area contributed by atoms with Gasteiger partial charge in [-0.25, -0.2) is 4.79 Å². The molecule has 0 bridgehead atoms. The number of nitrogens with zero attached hydrogens (tertiary/aromatic N) is 2. The molecule has 0 radical (unpaired) electrons. The number of carbonyl (C=O) groups is 1. The van der Waals surface area contributed by atoms with Crippen molar-refractivity contribution in [2.75, 3.05) is 30.8 Å². The quantitative estimate of drug-likeness (QED) is 0.590. The zero-order valence-electron chi connectivity index (χ0n) is 10.5. The number of hydrogen-bond acceptors (Lipinski definition) is 7. The van der Waals surface area contributed by atoms with Crippen molar-refractivity contribution in [1.82, 2.24) is 15.5 Å². The Kier molecular flexibility index (Phi) is 6.85. The molecular formula is C9H13F3N4O2S2. The molecule has 1 amide bonds. The van der Waals surface area contributed by atoms with E-state index in [4.69, 9.17) is 0 Å². The van der Waals surface area contributed by atoms with Gasteiger partial charge in [0.25, 0.3) is 0 Å². The lowest BCUT2D eigenvalue weighted by Gasteiger charge is -2.08. The van der Waals surface area contributed by atoms with Crippen LogP contribution in [0.15, 0.2) is 4.34 Å². The summed E-state index contributed by atoms with van der Waals surface area (Å²) in [5, 5.41) is 13.7. The number of aromatic nitrogens is 2. The molecule has 2 N–H and O–H groups in total. The Morgan fingerprint density at radius 1 is 1.45 bits per heavy atom. The minimum absolute atomic E-state index is 0.178. The standard InChI is InChI=1S/C9H13F3N4O2S2/c1-2-13-6-15-16-8(20-6)19-4-3-14-7(17)18-5-9(10,11)12/h2-5H2,1H3,(H,13,15)(H,14,17). The highest BCUT2D eigenvalue weighted by molar-refractivity contribution is 8.01. The van der Waals surface area contributed by atoms with Gasteiger partial charge in [0.1, 0.15) is 0 Å². The molecule has 0 aliphatic heterocycles. The van der Waals surface area contributed by atoms with Gasteiger partial charge in [0.05, 0.1) is 0 Å². The molecule has 0 unspecified atom stereocenters. The van der Waals surface area contributed by atoms with Crippen LogP contribution in [0.2, 0.25) is 0 Å². The summed E-state index contributed by atoms with van der Waals surface area (Å²) in [4.78, 5) is 10.9. The Labute approximate surface area is 121 Å². The van der Waals surface area contributed by atoms with Crippen molar-refractivity contribution in [3.8, 4) is 0 Å². The Morgan fingerprint density at radius 3 is 2.85 bits per heavy atom. The van der Waals surface area contributed by atoms with Gasteiger partial charge in [-0.2, -0.15) is 13.2 Å². The monoisotopic (exact) mass is 330 g/mol. The van der Waals surface area contributed by atoms with Crippen LogP contribution in [0.1, 0.15) is 6.92 Å². The third-order valence-corrected chi connectivity index (χ3v) is 3.71. The molecule has 6 nitrogen and oxygen atoms in total. The lowest BCUT2D eigenvalue weighted by Crippen LogP contribution is -2.30. The van der Waals surface area contributed by atoms with Gasteiger partial charge in [0.2, 0.25) is 5.13 Å². The maximum atomic E-state index is 11.8. The summed E-state index contributed by atoms with van der Waals surface area (Å²) >= 11 is 2.71. The average molecular weight is 330 g/mol. The highest BCUT2D eigenvalue weighted by atomic mass is 32.2. The van der Waals surface area contributed by atoms with E-state index in [0.29, 0.717) is 15.2 Å². The Morgan fingerprint density at radius 2 is 2.20 bits per heavy atom. The smallest absolute Gasteiger partial charge is 0.422 e. The summed E-state index contributed by atoms with van der Waals surface area (Å²) in [5.74, 6) is 0.460. The van der Waals surface area contributed by atoms with E-state index in [0.717, 1.165) is 6.54 Å². The SMILES string of the molecule is CCNc1nnc(SCCNC(=O)OCC(F)(F)F)s1. The first-order valence-electron chi connectivity index (χ1n) is 5.58. The van der Waals surface area contributed by atoms with Gasteiger partial charge in [0, 0.05) is 18.8 Å². The van der Waals surface area contributed by atoms with Crippen molar-refractivity contribution in [1.29, 1.82) is 0 Å². The molecule has 20 heavy (non-hydrogen) atoms. The first-order valence-corrected chi connectivity index (χ1v) is 7.38. The lowest BCUT2D eigenvalue weighted by atomic mass is 10.7. The van der Waals surface area contributed by atoms with E-state index >= 15 is 0 Å². The zero-order chi connectivity index (χ0) is 15.0. The number of alkyl carbamates (subject to hydrolysis) is 1. The van der Waals surface area contributed by atoms with Crippen LogP contribution in [-0.2, 0) is 4.74 Å². The molecular weight excluding hydrogens is 317 g/mol. The van der Waals surface area contributed by atoms with E-state index in [-0.39, 0.29) is 6.54 Å². The van der Waals surface area contributed by atoms with Gasteiger partial charge < -0.3 is 15.4 Å². The molecule has 0 aliphatic rings. The molecule has 1 aromatic rings. The molecule has 0 saturated heterocycles. The van der Waals surface area contributed by atoms with Crippen LogP contribution in [0, 0.1) is 0 Å². The van der Waals surface area contributed by atoms with Gasteiger partial charge in [-0.15, -0.1) is 10.2 Å². The van der Waals surface area contributed by atoms with E-state index in [1.165, 1.54) is 23.1 Å². The second kappa shape index (κ2) is 8.15.